The molecule has 2 aromatic carbocycles. The van der Waals surface area contributed by atoms with Gasteiger partial charge in [-0.15, -0.1) is 0 Å². The number of benzene rings is 2. The zero-order valence-corrected chi connectivity index (χ0v) is 17.3. The summed E-state index contributed by atoms with van der Waals surface area (Å²) >= 11 is 0. The summed E-state index contributed by atoms with van der Waals surface area (Å²) in [5.41, 5.74) is 0. The predicted molar refractivity (Wildman–Crippen MR) is 113 cm³/mol. The third-order valence-electron chi connectivity index (χ3n) is 2.12. The van der Waals surface area contributed by atoms with Crippen LogP contribution in [0.25, 0.3) is 0 Å². The van der Waals surface area contributed by atoms with Crippen molar-refractivity contribution in [2.75, 3.05) is 0 Å². The molecule has 0 aliphatic heterocycles. The molecule has 0 amide bonds. The Morgan fingerprint density at radius 1 is 0.500 bits per heavy atom. The second-order valence-corrected chi connectivity index (χ2v) is 16.3. The summed E-state index contributed by atoms with van der Waals surface area (Å²) in [5, 5.41) is 19.3. The predicted octanol–water partition coefficient (Wildman–Crippen LogP) is 7.79. The molecular formula is C12H10O2S8. The highest BCUT2D eigenvalue weighted by atomic mass is 34.0. The van der Waals surface area contributed by atoms with E-state index < -0.39 is 0 Å². The molecule has 2 rings (SSSR count). The molecule has 0 heterocycles. The van der Waals surface area contributed by atoms with Gasteiger partial charge in [-0.05, 0) is 105 Å². The van der Waals surface area contributed by atoms with Crippen LogP contribution < -0.4 is 0 Å². The molecule has 0 saturated heterocycles. The van der Waals surface area contributed by atoms with Crippen LogP contribution in [0.3, 0.4) is 0 Å². The Hall–Kier alpha value is 0.840. The van der Waals surface area contributed by atoms with Gasteiger partial charge in [-0.2, -0.15) is 0 Å². The van der Waals surface area contributed by atoms with Crippen molar-refractivity contribution in [3.63, 3.8) is 0 Å². The Morgan fingerprint density at radius 3 is 1.27 bits per heavy atom. The number of hydrogen-bond donors (Lipinski definition) is 2. The summed E-state index contributed by atoms with van der Waals surface area (Å²) in [5.74, 6) is 0.643. The lowest BCUT2D eigenvalue weighted by molar-refractivity contribution is 0.462. The van der Waals surface area contributed by atoms with E-state index in [1.165, 1.54) is 0 Å². The zero-order chi connectivity index (χ0) is 15.6. The molecule has 0 atom stereocenters. The molecule has 0 bridgehead atoms. The Bertz CT molecular complexity index is 531. The van der Waals surface area contributed by atoms with Crippen molar-refractivity contribution in [1.29, 1.82) is 0 Å². The van der Waals surface area contributed by atoms with E-state index in [0.29, 0.717) is 11.5 Å². The molecule has 22 heavy (non-hydrogen) atoms. The first-order valence-corrected chi connectivity index (χ1v) is 15.8. The molecule has 0 radical (unpaired) electrons. The molecule has 0 spiro atoms. The average Bonchev–Trinajstić information content (AvgIpc) is 2.53. The zero-order valence-electron chi connectivity index (χ0n) is 10.8. The third kappa shape index (κ3) is 7.16. The molecule has 0 aromatic heterocycles. The van der Waals surface area contributed by atoms with Crippen LogP contribution in [0.1, 0.15) is 0 Å². The van der Waals surface area contributed by atoms with Crippen molar-refractivity contribution >= 4 is 80.5 Å². The van der Waals surface area contributed by atoms with Gasteiger partial charge in [0, 0.05) is 0 Å². The maximum Gasteiger partial charge on any atom is 0.130 e. The van der Waals surface area contributed by atoms with E-state index in [0.717, 1.165) is 9.79 Å². The van der Waals surface area contributed by atoms with Crippen molar-refractivity contribution in [2.45, 2.75) is 9.79 Å². The van der Waals surface area contributed by atoms with Gasteiger partial charge in [0.05, 0.1) is 9.79 Å². The molecule has 2 aromatic rings. The minimum atomic E-state index is 0.322. The number of hydrogen-bond acceptors (Lipinski definition) is 10. The molecule has 118 valence electrons. The SMILES string of the molecule is Oc1ccccc1SSSSSSSSc1ccccc1O. The van der Waals surface area contributed by atoms with Crippen LogP contribution in [0.2, 0.25) is 0 Å². The maximum atomic E-state index is 9.63. The molecule has 0 unspecified atom stereocenters. The highest BCUT2D eigenvalue weighted by molar-refractivity contribution is 9.48. The quantitative estimate of drug-likeness (QED) is 0.297. The summed E-state index contributed by atoms with van der Waals surface area (Å²) in [6.45, 7) is 0. The van der Waals surface area contributed by atoms with Crippen LogP contribution in [-0.2, 0) is 0 Å². The summed E-state index contributed by atoms with van der Waals surface area (Å²) in [7, 11) is 13.0. The number of phenols is 2. The van der Waals surface area contributed by atoms with E-state index in [4.69, 9.17) is 0 Å². The van der Waals surface area contributed by atoms with E-state index in [1.807, 2.05) is 36.4 Å². The minimum Gasteiger partial charge on any atom is -0.507 e. The lowest BCUT2D eigenvalue weighted by Crippen LogP contribution is -1.67. The van der Waals surface area contributed by atoms with E-state index in [2.05, 4.69) is 0 Å². The van der Waals surface area contributed by atoms with Crippen LogP contribution in [-0.4, -0.2) is 10.2 Å². The Kier molecular flexibility index (Phi) is 9.94. The second kappa shape index (κ2) is 11.4. The average molecular weight is 443 g/mol. The van der Waals surface area contributed by atoms with Gasteiger partial charge in [0.15, 0.2) is 0 Å². The molecule has 0 aliphatic rings. The Labute approximate surface area is 159 Å². The second-order valence-electron chi connectivity index (χ2n) is 3.51. The van der Waals surface area contributed by atoms with Crippen LogP contribution >= 0.6 is 80.5 Å². The molecule has 2 nitrogen and oxygen atoms in total. The molecule has 0 aliphatic carbocycles. The lowest BCUT2D eigenvalue weighted by Gasteiger charge is -2.02. The number of rotatable bonds is 9. The number of para-hydroxylation sites is 2. The van der Waals surface area contributed by atoms with Gasteiger partial charge in [0.1, 0.15) is 11.5 Å². The third-order valence-corrected chi connectivity index (χ3v) is 17.1. The van der Waals surface area contributed by atoms with E-state index in [1.54, 1.807) is 92.7 Å². The van der Waals surface area contributed by atoms with Crippen LogP contribution in [0.15, 0.2) is 58.3 Å². The van der Waals surface area contributed by atoms with Gasteiger partial charge < -0.3 is 10.2 Å². The normalized spacial score (nSPS) is 10.7. The number of aromatic hydroxyl groups is 2. The number of phenolic OH excluding ortho intramolecular Hbond substituents is 2. The van der Waals surface area contributed by atoms with Crippen molar-refractivity contribution in [3.05, 3.63) is 48.5 Å². The van der Waals surface area contributed by atoms with Crippen molar-refractivity contribution in [1.82, 2.24) is 0 Å². The first kappa shape index (κ1) is 19.2. The monoisotopic (exact) mass is 442 g/mol. The fraction of sp³-hybridized carbons (Fsp3) is 0. The van der Waals surface area contributed by atoms with E-state index in [-0.39, 0.29) is 0 Å². The fourth-order valence-electron chi connectivity index (χ4n) is 1.20. The first-order valence-electron chi connectivity index (χ1n) is 5.68. The molecule has 0 fully saturated rings. The summed E-state index contributed by atoms with van der Waals surface area (Å²) in [4.78, 5) is 1.76. The Balaban J connectivity index is 1.51. The molecule has 2 N–H and O–H groups in total. The molecular weight excluding hydrogens is 433 g/mol. The lowest BCUT2D eigenvalue weighted by atomic mass is 10.3. The van der Waals surface area contributed by atoms with Crippen molar-refractivity contribution in [3.8, 4) is 11.5 Å². The van der Waals surface area contributed by atoms with Crippen LogP contribution in [0, 0.1) is 0 Å². The van der Waals surface area contributed by atoms with E-state index >= 15 is 0 Å². The van der Waals surface area contributed by atoms with Gasteiger partial charge in [-0.3, -0.25) is 0 Å². The van der Waals surface area contributed by atoms with Crippen LogP contribution in [0.5, 0.6) is 11.5 Å². The summed E-state index contributed by atoms with van der Waals surface area (Å²) < 4.78 is 0. The van der Waals surface area contributed by atoms with Gasteiger partial charge in [-0.25, -0.2) is 0 Å². The maximum absolute atomic E-state index is 9.63. The Morgan fingerprint density at radius 2 is 0.864 bits per heavy atom. The largest absolute Gasteiger partial charge is 0.507 e. The van der Waals surface area contributed by atoms with Crippen molar-refractivity contribution in [2.24, 2.45) is 0 Å². The highest BCUT2D eigenvalue weighted by Gasteiger charge is 2.04. The van der Waals surface area contributed by atoms with E-state index in [9.17, 15) is 10.2 Å². The van der Waals surface area contributed by atoms with Crippen LogP contribution in [0.4, 0.5) is 0 Å². The van der Waals surface area contributed by atoms with Gasteiger partial charge in [0.2, 0.25) is 0 Å². The summed E-state index contributed by atoms with van der Waals surface area (Å²) in [6, 6.07) is 14.7. The standard InChI is InChI=1S/C12H10O2S8/c13-9-5-1-3-7-11(9)15-17-19-21-22-20-18-16-12-8-4-2-6-10(12)14/h1-8,13-14H. The minimum absolute atomic E-state index is 0.322. The molecule has 10 heteroatoms. The van der Waals surface area contributed by atoms with Crippen molar-refractivity contribution < 1.29 is 10.2 Å². The first-order chi connectivity index (χ1) is 10.8. The van der Waals surface area contributed by atoms with Gasteiger partial charge >= 0.3 is 0 Å². The summed E-state index contributed by atoms with van der Waals surface area (Å²) in [6.07, 6.45) is 0. The van der Waals surface area contributed by atoms with Gasteiger partial charge in [-0.1, -0.05) is 24.3 Å². The fourth-order valence-corrected chi connectivity index (χ4v) is 17.7. The topological polar surface area (TPSA) is 40.5 Å². The molecule has 0 saturated carbocycles. The smallest absolute Gasteiger partial charge is 0.130 e. The highest BCUT2D eigenvalue weighted by Crippen LogP contribution is 2.59. The van der Waals surface area contributed by atoms with Gasteiger partial charge in [0.25, 0.3) is 0 Å².